The van der Waals surface area contributed by atoms with Crippen molar-refractivity contribution >= 4 is 5.97 Å². The summed E-state index contributed by atoms with van der Waals surface area (Å²) in [4.78, 5) is 12.4. The minimum atomic E-state index is 0.0533. The topological polar surface area (TPSA) is 26.3 Å². The highest BCUT2D eigenvalue weighted by molar-refractivity contribution is 5.73. The zero-order valence-corrected chi connectivity index (χ0v) is 20.3. The average molecular weight is 415 g/mol. The molecule has 1 aliphatic heterocycles. The summed E-state index contributed by atoms with van der Waals surface area (Å²) in [5.74, 6) is 5.71. The fourth-order valence-corrected chi connectivity index (χ4v) is 9.89. The zero-order valence-electron chi connectivity index (χ0n) is 20.3. The van der Waals surface area contributed by atoms with Crippen molar-refractivity contribution in [3.63, 3.8) is 0 Å². The Bertz CT molecular complexity index is 672. The van der Waals surface area contributed by atoms with Crippen LogP contribution in [0.15, 0.2) is 0 Å². The van der Waals surface area contributed by atoms with E-state index in [4.69, 9.17) is 4.74 Å². The van der Waals surface area contributed by atoms with Crippen molar-refractivity contribution in [1.82, 2.24) is 0 Å². The predicted molar refractivity (Wildman–Crippen MR) is 122 cm³/mol. The van der Waals surface area contributed by atoms with Gasteiger partial charge in [0.05, 0.1) is 5.92 Å². The van der Waals surface area contributed by atoms with Crippen LogP contribution in [-0.4, -0.2) is 12.1 Å². The van der Waals surface area contributed by atoms with E-state index in [0.29, 0.717) is 22.7 Å². The first-order chi connectivity index (χ1) is 14.3. The lowest BCUT2D eigenvalue weighted by Gasteiger charge is -2.61. The van der Waals surface area contributed by atoms with Gasteiger partial charge in [0, 0.05) is 0 Å². The van der Waals surface area contributed by atoms with E-state index < -0.39 is 0 Å². The van der Waals surface area contributed by atoms with Gasteiger partial charge in [-0.1, -0.05) is 47.5 Å². The predicted octanol–water partition coefficient (Wildman–Crippen LogP) is 7.26. The minimum Gasteiger partial charge on any atom is -0.462 e. The van der Waals surface area contributed by atoms with Crippen molar-refractivity contribution in [1.29, 1.82) is 0 Å². The van der Waals surface area contributed by atoms with Crippen molar-refractivity contribution in [2.75, 3.05) is 0 Å². The molecule has 1 saturated heterocycles. The fourth-order valence-electron chi connectivity index (χ4n) is 9.89. The molecular weight excluding hydrogens is 368 g/mol. The summed E-state index contributed by atoms with van der Waals surface area (Å²) >= 11 is 0. The Balaban J connectivity index is 1.35. The Kier molecular flexibility index (Phi) is 5.34. The largest absolute Gasteiger partial charge is 0.462 e. The molecule has 0 aromatic carbocycles. The molecule has 0 bridgehead atoms. The summed E-state index contributed by atoms with van der Waals surface area (Å²) < 4.78 is 6.02. The number of carbonyl (C=O) groups excluding carboxylic acids is 1. The highest BCUT2D eigenvalue weighted by Gasteiger charge is 2.60. The molecule has 0 N–H and O–H groups in total. The lowest BCUT2D eigenvalue weighted by atomic mass is 9.44. The van der Waals surface area contributed by atoms with Crippen LogP contribution in [0.2, 0.25) is 0 Å². The lowest BCUT2D eigenvalue weighted by Crippen LogP contribution is -2.53. The Morgan fingerprint density at radius 3 is 2.43 bits per heavy atom. The molecule has 1 heterocycles. The summed E-state index contributed by atoms with van der Waals surface area (Å²) in [6.07, 6.45) is 15.8. The first kappa shape index (κ1) is 21.3. The van der Waals surface area contributed by atoms with Crippen molar-refractivity contribution in [2.24, 2.45) is 58.2 Å². The third-order valence-electron chi connectivity index (χ3n) is 12.0. The van der Waals surface area contributed by atoms with Gasteiger partial charge < -0.3 is 4.74 Å². The minimum absolute atomic E-state index is 0.0533. The van der Waals surface area contributed by atoms with E-state index in [0.717, 1.165) is 36.0 Å². The number of rotatable bonds is 2. The van der Waals surface area contributed by atoms with Gasteiger partial charge in [-0.25, -0.2) is 0 Å². The summed E-state index contributed by atoms with van der Waals surface area (Å²) in [7, 11) is 0. The van der Waals surface area contributed by atoms with Crippen LogP contribution in [0.4, 0.5) is 0 Å². The zero-order chi connectivity index (χ0) is 21.3. The Hall–Kier alpha value is -0.530. The normalized spacial score (nSPS) is 54.5. The van der Waals surface area contributed by atoms with E-state index >= 15 is 0 Å². The van der Waals surface area contributed by atoms with Gasteiger partial charge in [0.1, 0.15) is 6.10 Å². The lowest BCUT2D eigenvalue weighted by molar-refractivity contribution is -0.171. The van der Waals surface area contributed by atoms with Crippen LogP contribution in [0.5, 0.6) is 0 Å². The molecule has 0 spiro atoms. The van der Waals surface area contributed by atoms with Gasteiger partial charge in [-0.15, -0.1) is 0 Å². The van der Waals surface area contributed by atoms with Crippen molar-refractivity contribution < 1.29 is 9.53 Å². The van der Waals surface area contributed by atoms with E-state index in [9.17, 15) is 4.79 Å². The van der Waals surface area contributed by atoms with Gasteiger partial charge in [-0.3, -0.25) is 4.79 Å². The van der Waals surface area contributed by atoms with Crippen molar-refractivity contribution in [3.8, 4) is 0 Å². The number of hydrogen-bond donors (Lipinski definition) is 0. The third-order valence-corrected chi connectivity index (χ3v) is 12.0. The molecule has 4 aliphatic carbocycles. The van der Waals surface area contributed by atoms with Crippen LogP contribution >= 0.6 is 0 Å². The molecule has 0 aromatic heterocycles. The number of hydrogen-bond acceptors (Lipinski definition) is 2. The molecule has 5 fully saturated rings. The summed E-state index contributed by atoms with van der Waals surface area (Å²) in [5.41, 5.74) is 1.10. The first-order valence-electron chi connectivity index (χ1n) is 13.5. The summed E-state index contributed by atoms with van der Waals surface area (Å²) in [6.45, 7) is 12.1. The molecule has 0 radical (unpaired) electrons. The number of ether oxygens (including phenoxy) is 1. The maximum absolute atomic E-state index is 12.4. The highest BCUT2D eigenvalue weighted by atomic mass is 16.5. The second kappa shape index (κ2) is 7.51. The van der Waals surface area contributed by atoms with Gasteiger partial charge >= 0.3 is 5.97 Å². The first-order valence-corrected chi connectivity index (χ1v) is 13.5. The van der Waals surface area contributed by atoms with E-state index in [1.54, 1.807) is 0 Å². The third kappa shape index (κ3) is 3.05. The quantitative estimate of drug-likeness (QED) is 0.444. The molecule has 5 aliphatic rings. The van der Waals surface area contributed by atoms with Gasteiger partial charge in [0.25, 0.3) is 0 Å². The number of esters is 1. The number of carbonyl (C=O) groups is 1. The van der Waals surface area contributed by atoms with Gasteiger partial charge in [0.15, 0.2) is 0 Å². The molecule has 0 amide bonds. The van der Waals surface area contributed by atoms with E-state index in [1.807, 2.05) is 6.92 Å². The maximum Gasteiger partial charge on any atom is 0.309 e. The molecule has 0 unspecified atom stereocenters. The van der Waals surface area contributed by atoms with Gasteiger partial charge in [0.2, 0.25) is 0 Å². The second-order valence-electron chi connectivity index (χ2n) is 13.0. The number of fused-ring (bicyclic) bond motifs is 5. The molecule has 170 valence electrons. The molecular formula is C28H46O2. The van der Waals surface area contributed by atoms with Crippen LogP contribution < -0.4 is 0 Å². The molecule has 30 heavy (non-hydrogen) atoms. The van der Waals surface area contributed by atoms with Crippen molar-refractivity contribution in [3.05, 3.63) is 0 Å². The summed E-state index contributed by atoms with van der Waals surface area (Å²) in [6, 6.07) is 0. The van der Waals surface area contributed by atoms with Gasteiger partial charge in [-0.2, -0.15) is 0 Å². The number of cyclic esters (lactones) is 1. The molecule has 4 saturated carbocycles. The SMILES string of the molecule is C[C@H]([C@@H]1C[C@H](C)[C@@H](C)C(=O)O1)[C@H]1CC[C@H]2[C@@H]3CC[C@H]4CCCC[C@]4(C)[C@H]3CC[C@]12C. The van der Waals surface area contributed by atoms with E-state index in [-0.39, 0.29) is 18.0 Å². The highest BCUT2D eigenvalue weighted by Crippen LogP contribution is 2.68. The van der Waals surface area contributed by atoms with Crippen LogP contribution in [0.1, 0.15) is 105 Å². The average Bonchev–Trinajstić information content (AvgIpc) is 3.07. The van der Waals surface area contributed by atoms with E-state index in [1.165, 1.54) is 64.2 Å². The van der Waals surface area contributed by atoms with Crippen molar-refractivity contribution in [2.45, 2.75) is 111 Å². The Labute approximate surface area is 185 Å². The molecule has 0 aromatic rings. The smallest absolute Gasteiger partial charge is 0.309 e. The van der Waals surface area contributed by atoms with E-state index in [2.05, 4.69) is 27.7 Å². The fraction of sp³-hybridized carbons (Fsp3) is 0.964. The summed E-state index contributed by atoms with van der Waals surface area (Å²) in [5, 5.41) is 0. The van der Waals surface area contributed by atoms with Gasteiger partial charge in [-0.05, 0) is 110 Å². The maximum atomic E-state index is 12.4. The molecule has 2 nitrogen and oxygen atoms in total. The van der Waals surface area contributed by atoms with Crippen LogP contribution in [0.25, 0.3) is 0 Å². The standard InChI is InChI=1S/C28H46O2/c1-17-16-25(30-26(29)18(17)2)19(3)22-11-12-23-21-10-9-20-8-6-7-14-27(20,4)24(21)13-15-28(22,23)5/h17-25H,6-16H2,1-5H3/t17-,18+,19-,20+,21-,22+,23-,24-,25-,27-,28+/m0/s1. The second-order valence-corrected chi connectivity index (χ2v) is 13.0. The van der Waals surface area contributed by atoms with Crippen LogP contribution in [0.3, 0.4) is 0 Å². The van der Waals surface area contributed by atoms with Crippen LogP contribution in [0, 0.1) is 58.2 Å². The molecule has 2 heteroatoms. The monoisotopic (exact) mass is 414 g/mol. The van der Waals surface area contributed by atoms with Crippen LogP contribution in [-0.2, 0) is 9.53 Å². The molecule has 5 rings (SSSR count). The molecule has 11 atom stereocenters. The Morgan fingerprint density at radius 2 is 1.67 bits per heavy atom. The Morgan fingerprint density at radius 1 is 0.900 bits per heavy atom.